The zero-order valence-electron chi connectivity index (χ0n) is 12.1. The lowest BCUT2D eigenvalue weighted by molar-refractivity contribution is 0.817. The summed E-state index contributed by atoms with van der Waals surface area (Å²) in [6.45, 7) is 1.65. The fourth-order valence-electron chi connectivity index (χ4n) is 2.69. The van der Waals surface area contributed by atoms with Gasteiger partial charge < -0.3 is 9.13 Å². The number of benzene rings is 2. The van der Waals surface area contributed by atoms with Crippen LogP contribution in [0.5, 0.6) is 0 Å². The highest BCUT2D eigenvalue weighted by atomic mass is 15.0. The maximum Gasteiger partial charge on any atom is 0.0961 e. The second-order valence-corrected chi connectivity index (χ2v) is 5.24. The van der Waals surface area contributed by atoms with E-state index < -0.39 is 0 Å². The monoisotopic (exact) mass is 288 g/mol. The molecule has 0 spiro atoms. The van der Waals surface area contributed by atoms with E-state index in [-0.39, 0.29) is 0 Å². The molecule has 4 aromatic rings. The predicted molar refractivity (Wildman–Crippen MR) is 88.6 cm³/mol. The predicted octanol–water partition coefficient (Wildman–Crippen LogP) is 3.64. The van der Waals surface area contributed by atoms with Gasteiger partial charge in [0.2, 0.25) is 0 Å². The van der Waals surface area contributed by atoms with Crippen molar-refractivity contribution in [2.24, 2.45) is 0 Å². The van der Waals surface area contributed by atoms with Gasteiger partial charge in [0, 0.05) is 13.1 Å². The summed E-state index contributed by atoms with van der Waals surface area (Å²) >= 11 is 0. The Morgan fingerprint density at radius 1 is 0.682 bits per heavy atom. The van der Waals surface area contributed by atoms with Crippen molar-refractivity contribution >= 4 is 22.1 Å². The van der Waals surface area contributed by atoms with Crippen molar-refractivity contribution in [1.29, 1.82) is 0 Å². The molecule has 108 valence electrons. The van der Waals surface area contributed by atoms with Crippen LogP contribution in [0.2, 0.25) is 0 Å². The van der Waals surface area contributed by atoms with Gasteiger partial charge in [0.05, 0.1) is 34.7 Å². The van der Waals surface area contributed by atoms with Gasteiger partial charge in [-0.25, -0.2) is 9.97 Å². The first-order valence-electron chi connectivity index (χ1n) is 7.36. The second-order valence-electron chi connectivity index (χ2n) is 5.24. The number of fused-ring (bicyclic) bond motifs is 2. The van der Waals surface area contributed by atoms with E-state index in [0.29, 0.717) is 0 Å². The van der Waals surface area contributed by atoms with Crippen LogP contribution < -0.4 is 0 Å². The van der Waals surface area contributed by atoms with Crippen LogP contribution in [0.1, 0.15) is 0 Å². The number of imidazole rings is 2. The van der Waals surface area contributed by atoms with Gasteiger partial charge >= 0.3 is 0 Å². The molecule has 0 saturated heterocycles. The standard InChI is InChI=1S/C18H16N4/c1-3-9-17-15(7-1)19-13-21(17)11-5-6-12-22-14-20-16-8-2-4-10-18(16)22/h1-10,13-14H,11-12H2. The number of hydrogen-bond acceptors (Lipinski definition) is 2. The van der Waals surface area contributed by atoms with Gasteiger partial charge in [0.1, 0.15) is 0 Å². The zero-order chi connectivity index (χ0) is 14.8. The van der Waals surface area contributed by atoms with Crippen LogP contribution in [0.25, 0.3) is 22.1 Å². The van der Waals surface area contributed by atoms with Gasteiger partial charge in [0.15, 0.2) is 0 Å². The Morgan fingerprint density at radius 2 is 1.14 bits per heavy atom. The highest BCUT2D eigenvalue weighted by Crippen LogP contribution is 2.13. The fraction of sp³-hybridized carbons (Fsp3) is 0.111. The Labute approximate surface area is 128 Å². The van der Waals surface area contributed by atoms with Gasteiger partial charge in [-0.1, -0.05) is 36.4 Å². The van der Waals surface area contributed by atoms with Crippen LogP contribution >= 0.6 is 0 Å². The first-order valence-corrected chi connectivity index (χ1v) is 7.36. The molecule has 4 rings (SSSR count). The van der Waals surface area contributed by atoms with E-state index in [1.807, 2.05) is 49.1 Å². The Bertz CT molecular complexity index is 868. The summed E-state index contributed by atoms with van der Waals surface area (Å²) < 4.78 is 4.30. The summed E-state index contributed by atoms with van der Waals surface area (Å²) in [6, 6.07) is 16.4. The van der Waals surface area contributed by atoms with Gasteiger partial charge in [0.25, 0.3) is 0 Å². The Balaban J connectivity index is 1.49. The smallest absolute Gasteiger partial charge is 0.0961 e. The molecule has 0 radical (unpaired) electrons. The average molecular weight is 288 g/mol. The van der Waals surface area contributed by atoms with Gasteiger partial charge in [-0.2, -0.15) is 0 Å². The second kappa shape index (κ2) is 5.48. The number of para-hydroxylation sites is 4. The van der Waals surface area contributed by atoms with E-state index in [1.54, 1.807) is 0 Å². The van der Waals surface area contributed by atoms with Crippen LogP contribution in [-0.2, 0) is 13.1 Å². The van der Waals surface area contributed by atoms with E-state index in [1.165, 1.54) is 11.0 Å². The van der Waals surface area contributed by atoms with Crippen molar-refractivity contribution in [1.82, 2.24) is 19.1 Å². The van der Waals surface area contributed by atoms with Crippen LogP contribution in [0.4, 0.5) is 0 Å². The van der Waals surface area contributed by atoms with Crippen molar-refractivity contribution in [2.75, 3.05) is 0 Å². The number of rotatable bonds is 4. The largest absolute Gasteiger partial charge is 0.327 e. The first-order chi connectivity index (χ1) is 10.9. The van der Waals surface area contributed by atoms with Crippen LogP contribution in [0.3, 0.4) is 0 Å². The minimum atomic E-state index is 0.827. The lowest BCUT2D eigenvalue weighted by Crippen LogP contribution is -1.95. The molecule has 0 N–H and O–H groups in total. The van der Waals surface area contributed by atoms with Crippen molar-refractivity contribution in [2.45, 2.75) is 13.1 Å². The van der Waals surface area contributed by atoms with Gasteiger partial charge in [-0.15, -0.1) is 0 Å². The topological polar surface area (TPSA) is 35.6 Å². The molecule has 2 aromatic carbocycles. The molecule has 0 saturated carbocycles. The molecule has 2 aromatic heterocycles. The zero-order valence-corrected chi connectivity index (χ0v) is 12.1. The van der Waals surface area contributed by atoms with Crippen molar-refractivity contribution in [3.63, 3.8) is 0 Å². The van der Waals surface area contributed by atoms with Crippen LogP contribution in [-0.4, -0.2) is 19.1 Å². The molecule has 0 atom stereocenters. The van der Waals surface area contributed by atoms with Crippen molar-refractivity contribution in [3.05, 3.63) is 73.3 Å². The normalized spacial score (nSPS) is 11.8. The molecule has 22 heavy (non-hydrogen) atoms. The van der Waals surface area contributed by atoms with Crippen molar-refractivity contribution < 1.29 is 0 Å². The van der Waals surface area contributed by atoms with E-state index in [9.17, 15) is 0 Å². The lowest BCUT2D eigenvalue weighted by atomic mass is 10.3. The molecule has 0 amide bonds. The van der Waals surface area contributed by atoms with Crippen LogP contribution in [0, 0.1) is 0 Å². The van der Waals surface area contributed by atoms with E-state index >= 15 is 0 Å². The summed E-state index contributed by atoms with van der Waals surface area (Å²) in [7, 11) is 0. The first kappa shape index (κ1) is 12.8. The molecule has 0 aliphatic heterocycles. The maximum absolute atomic E-state index is 4.40. The third-order valence-electron chi connectivity index (χ3n) is 3.83. The third-order valence-corrected chi connectivity index (χ3v) is 3.83. The summed E-state index contributed by atoms with van der Waals surface area (Å²) in [5.41, 5.74) is 4.41. The number of nitrogens with zero attached hydrogens (tertiary/aromatic N) is 4. The Kier molecular flexibility index (Phi) is 3.20. The average Bonchev–Trinajstić information content (AvgIpc) is 3.16. The molecule has 0 fully saturated rings. The highest BCUT2D eigenvalue weighted by Gasteiger charge is 2.00. The summed E-state index contributed by atoms with van der Waals surface area (Å²) in [5.74, 6) is 0. The minimum Gasteiger partial charge on any atom is -0.327 e. The quantitative estimate of drug-likeness (QED) is 0.537. The lowest BCUT2D eigenvalue weighted by Gasteiger charge is -2.01. The molecular weight excluding hydrogens is 272 g/mol. The third kappa shape index (κ3) is 2.29. The van der Waals surface area contributed by atoms with Crippen LogP contribution in [0.15, 0.2) is 73.3 Å². The van der Waals surface area contributed by atoms with Crippen molar-refractivity contribution in [3.8, 4) is 0 Å². The molecule has 0 unspecified atom stereocenters. The molecule has 0 aliphatic rings. The maximum atomic E-state index is 4.40. The summed E-state index contributed by atoms with van der Waals surface area (Å²) in [5, 5.41) is 0. The van der Waals surface area contributed by atoms with E-state index in [2.05, 4.69) is 43.4 Å². The fourth-order valence-corrected chi connectivity index (χ4v) is 2.69. The molecule has 0 bridgehead atoms. The number of aromatic nitrogens is 4. The number of hydrogen-bond donors (Lipinski definition) is 0. The molecule has 4 nitrogen and oxygen atoms in total. The molecular formula is C18H16N4. The highest BCUT2D eigenvalue weighted by molar-refractivity contribution is 5.75. The minimum absolute atomic E-state index is 0.827. The SMILES string of the molecule is C(=CCn1cnc2ccccc21)Cn1cnc2ccccc21. The Hall–Kier alpha value is -2.88. The summed E-state index contributed by atoms with van der Waals surface area (Å²) in [6.07, 6.45) is 8.12. The Morgan fingerprint density at radius 3 is 1.64 bits per heavy atom. The van der Waals surface area contributed by atoms with E-state index in [4.69, 9.17) is 0 Å². The van der Waals surface area contributed by atoms with Gasteiger partial charge in [-0.3, -0.25) is 0 Å². The molecule has 0 aliphatic carbocycles. The summed E-state index contributed by atoms with van der Waals surface area (Å²) in [4.78, 5) is 8.80. The molecule has 2 heterocycles. The number of allylic oxidation sites excluding steroid dienone is 2. The van der Waals surface area contributed by atoms with Gasteiger partial charge in [-0.05, 0) is 24.3 Å². The van der Waals surface area contributed by atoms with E-state index in [0.717, 1.165) is 24.1 Å². The molecule has 4 heteroatoms.